The molecule has 7 nitrogen and oxygen atoms in total. The second-order valence-corrected chi connectivity index (χ2v) is 9.13. The normalized spacial score (nSPS) is 19.3. The third-order valence-electron chi connectivity index (χ3n) is 6.98. The van der Waals surface area contributed by atoms with E-state index in [0.29, 0.717) is 17.4 Å². The van der Waals surface area contributed by atoms with Crippen molar-refractivity contribution >= 4 is 33.4 Å². The average Bonchev–Trinajstić information content (AvgIpc) is 3.20. The van der Waals surface area contributed by atoms with E-state index in [1.807, 2.05) is 6.07 Å². The number of pyridine rings is 2. The molecule has 33 heavy (non-hydrogen) atoms. The minimum absolute atomic E-state index is 0.0621. The van der Waals surface area contributed by atoms with Gasteiger partial charge >= 0.3 is 0 Å². The van der Waals surface area contributed by atoms with E-state index in [1.165, 1.54) is 16.5 Å². The number of benzene rings is 1. The summed E-state index contributed by atoms with van der Waals surface area (Å²) in [6.07, 6.45) is 2.11. The van der Waals surface area contributed by atoms with E-state index in [4.69, 9.17) is 6.57 Å². The third-order valence-corrected chi connectivity index (χ3v) is 6.98. The second kappa shape index (κ2) is 8.05. The van der Waals surface area contributed by atoms with E-state index in [9.17, 15) is 4.79 Å². The Bertz CT molecular complexity index is 1460. The zero-order valence-corrected chi connectivity index (χ0v) is 19.5. The number of hydrogen-bond donors (Lipinski definition) is 0. The van der Waals surface area contributed by atoms with Gasteiger partial charge in [0.05, 0.1) is 11.2 Å². The summed E-state index contributed by atoms with van der Waals surface area (Å²) in [5.41, 5.74) is 4.81. The molecule has 0 aliphatic carbocycles. The Kier molecular flexibility index (Phi) is 5.18. The van der Waals surface area contributed by atoms with Gasteiger partial charge in [-0.25, -0.2) is 0 Å². The van der Waals surface area contributed by atoms with Crippen molar-refractivity contribution in [2.24, 2.45) is 14.1 Å². The van der Waals surface area contributed by atoms with E-state index in [2.05, 4.69) is 75.6 Å². The van der Waals surface area contributed by atoms with E-state index in [1.54, 1.807) is 23.7 Å². The average molecular weight is 441 g/mol. The number of nitrogens with zero attached hydrogens (tertiary/aromatic N) is 6. The number of aromatic nitrogens is 3. The minimum atomic E-state index is -0.0621. The summed E-state index contributed by atoms with van der Waals surface area (Å²) in [5, 5.41) is 1.30. The molecule has 0 saturated carbocycles. The summed E-state index contributed by atoms with van der Waals surface area (Å²) < 4.78 is 3.76. The fraction of sp³-hybridized carbons (Fsp3) is 0.346. The maximum absolute atomic E-state index is 12.7. The van der Waals surface area contributed by atoms with Crippen molar-refractivity contribution in [3.63, 3.8) is 0 Å². The van der Waals surface area contributed by atoms with Crippen LogP contribution in [0.1, 0.15) is 19.4 Å². The van der Waals surface area contributed by atoms with Crippen LogP contribution in [0.15, 0.2) is 53.5 Å². The Balaban J connectivity index is 1.48. The summed E-state index contributed by atoms with van der Waals surface area (Å²) in [4.78, 5) is 25.6. The standard InChI is InChI=1S/C26H28N6O/c1-17-15-32(23-13-25(33)30(5)22-9-10-24(27-3)28-26(22)23)18(2)14-31(17)16-19-7-6-8-21-20(19)11-12-29(21)4/h6-13,17-18H,14-16H2,1-2,4-5H3/t17-,18+/m1/s1. The third kappa shape index (κ3) is 3.57. The highest BCUT2D eigenvalue weighted by Crippen LogP contribution is 2.31. The van der Waals surface area contributed by atoms with Crippen LogP contribution in [0.4, 0.5) is 11.5 Å². The van der Waals surface area contributed by atoms with Crippen molar-refractivity contribution in [1.82, 2.24) is 19.0 Å². The Labute approximate surface area is 193 Å². The van der Waals surface area contributed by atoms with Crippen LogP contribution in [0.3, 0.4) is 0 Å². The smallest absolute Gasteiger partial charge is 0.270 e. The molecule has 3 aromatic heterocycles. The largest absolute Gasteiger partial charge is 0.362 e. The molecule has 1 aliphatic heterocycles. The van der Waals surface area contributed by atoms with Crippen molar-refractivity contribution in [2.45, 2.75) is 32.5 Å². The molecule has 7 heteroatoms. The van der Waals surface area contributed by atoms with Gasteiger partial charge in [-0.15, -0.1) is 4.98 Å². The minimum Gasteiger partial charge on any atom is -0.362 e. The zero-order chi connectivity index (χ0) is 23.3. The SMILES string of the molecule is [C-]#[N+]c1ccc2c(n1)c(N1C[C@@H](C)N(Cc3cccc4c3ccn4C)C[C@@H]1C)cc(=O)n2C. The molecule has 0 amide bonds. The maximum atomic E-state index is 12.7. The Morgan fingerprint density at radius 1 is 1.06 bits per heavy atom. The van der Waals surface area contributed by atoms with Gasteiger partial charge in [-0.3, -0.25) is 9.69 Å². The quantitative estimate of drug-likeness (QED) is 0.451. The van der Waals surface area contributed by atoms with Crippen LogP contribution in [-0.2, 0) is 20.6 Å². The Morgan fingerprint density at radius 2 is 1.88 bits per heavy atom. The maximum Gasteiger partial charge on any atom is 0.270 e. The highest BCUT2D eigenvalue weighted by atomic mass is 16.1. The van der Waals surface area contributed by atoms with E-state index in [-0.39, 0.29) is 11.6 Å². The monoisotopic (exact) mass is 440 g/mol. The van der Waals surface area contributed by atoms with Crippen LogP contribution >= 0.6 is 0 Å². The Morgan fingerprint density at radius 3 is 2.67 bits per heavy atom. The molecule has 168 valence electrons. The molecule has 0 bridgehead atoms. The fourth-order valence-corrected chi connectivity index (χ4v) is 5.06. The fourth-order valence-electron chi connectivity index (χ4n) is 5.06. The summed E-state index contributed by atoms with van der Waals surface area (Å²) in [7, 11) is 3.83. The van der Waals surface area contributed by atoms with Gasteiger partial charge in [0.1, 0.15) is 0 Å². The van der Waals surface area contributed by atoms with Crippen LogP contribution in [0.5, 0.6) is 0 Å². The molecule has 0 radical (unpaired) electrons. The number of hydrogen-bond acceptors (Lipinski definition) is 4. The lowest BCUT2D eigenvalue weighted by Gasteiger charge is -2.45. The predicted octanol–water partition coefficient (Wildman–Crippen LogP) is 4.08. The summed E-state index contributed by atoms with van der Waals surface area (Å²) in [6.45, 7) is 14.4. The summed E-state index contributed by atoms with van der Waals surface area (Å²) in [5.74, 6) is 0.345. The van der Waals surface area contributed by atoms with Crippen LogP contribution in [0, 0.1) is 6.57 Å². The number of rotatable bonds is 3. The van der Waals surface area contributed by atoms with Gasteiger partial charge in [-0.2, -0.15) is 0 Å². The Hall–Kier alpha value is -3.63. The molecular weight excluding hydrogens is 412 g/mol. The molecule has 1 aliphatic rings. The first-order valence-corrected chi connectivity index (χ1v) is 11.3. The molecule has 5 rings (SSSR count). The van der Waals surface area contributed by atoms with Gasteiger partial charge in [0, 0.05) is 69.0 Å². The molecular formula is C26H28N6O. The number of piperazine rings is 1. The molecule has 0 unspecified atom stereocenters. The molecule has 0 N–H and O–H groups in total. The lowest BCUT2D eigenvalue weighted by molar-refractivity contribution is 0.158. The van der Waals surface area contributed by atoms with Gasteiger partial charge in [-0.05, 0) is 43.7 Å². The summed E-state index contributed by atoms with van der Waals surface area (Å²) >= 11 is 0. The van der Waals surface area contributed by atoms with Gasteiger partial charge in [0.2, 0.25) is 5.52 Å². The molecule has 4 heterocycles. The number of fused-ring (bicyclic) bond motifs is 2. The highest BCUT2D eigenvalue weighted by Gasteiger charge is 2.32. The number of anilines is 1. The first-order valence-electron chi connectivity index (χ1n) is 11.3. The van der Waals surface area contributed by atoms with E-state index < -0.39 is 0 Å². The van der Waals surface area contributed by atoms with Crippen molar-refractivity contribution in [2.75, 3.05) is 18.0 Å². The molecule has 1 aromatic carbocycles. The van der Waals surface area contributed by atoms with Gasteiger partial charge < -0.3 is 18.9 Å². The van der Waals surface area contributed by atoms with Crippen molar-refractivity contribution in [1.29, 1.82) is 0 Å². The van der Waals surface area contributed by atoms with Crippen molar-refractivity contribution < 1.29 is 0 Å². The predicted molar refractivity (Wildman–Crippen MR) is 133 cm³/mol. The van der Waals surface area contributed by atoms with E-state index in [0.717, 1.165) is 30.8 Å². The van der Waals surface area contributed by atoms with Gasteiger partial charge in [0.15, 0.2) is 0 Å². The molecule has 1 fully saturated rings. The molecule has 4 aromatic rings. The summed E-state index contributed by atoms with van der Waals surface area (Å²) in [6, 6.07) is 14.4. The molecule has 1 saturated heterocycles. The van der Waals surface area contributed by atoms with Crippen molar-refractivity contribution in [3.8, 4) is 0 Å². The van der Waals surface area contributed by atoms with Crippen LogP contribution in [-0.4, -0.2) is 44.2 Å². The molecule has 0 spiro atoms. The van der Waals surface area contributed by atoms with Crippen LogP contribution in [0.2, 0.25) is 0 Å². The lowest BCUT2D eigenvalue weighted by Crippen LogP contribution is -2.56. The lowest BCUT2D eigenvalue weighted by atomic mass is 10.0. The van der Waals surface area contributed by atoms with E-state index >= 15 is 0 Å². The first kappa shape index (κ1) is 21.2. The zero-order valence-electron chi connectivity index (χ0n) is 19.5. The van der Waals surface area contributed by atoms with Gasteiger partial charge in [0.25, 0.3) is 11.4 Å². The van der Waals surface area contributed by atoms with Gasteiger partial charge in [-0.1, -0.05) is 18.7 Å². The second-order valence-electron chi connectivity index (χ2n) is 9.13. The van der Waals surface area contributed by atoms with Crippen molar-refractivity contribution in [3.05, 3.63) is 76.0 Å². The number of aryl methyl sites for hydroxylation is 2. The first-order chi connectivity index (χ1) is 15.9. The molecule has 2 atom stereocenters. The highest BCUT2D eigenvalue weighted by molar-refractivity contribution is 5.90. The van der Waals surface area contributed by atoms with Crippen LogP contribution < -0.4 is 10.5 Å². The van der Waals surface area contributed by atoms with Crippen LogP contribution in [0.25, 0.3) is 26.8 Å². The topological polar surface area (TPSA) is 50.7 Å².